The Morgan fingerprint density at radius 1 is 1.29 bits per heavy atom. The molecule has 2 fully saturated rings. The first-order chi connectivity index (χ1) is 10.2. The Bertz CT molecular complexity index is 536. The summed E-state index contributed by atoms with van der Waals surface area (Å²) in [6, 6.07) is 5.47. The fourth-order valence-electron chi connectivity index (χ4n) is 2.87. The molecule has 1 aliphatic carbocycles. The van der Waals surface area contributed by atoms with Crippen molar-refractivity contribution in [1.82, 2.24) is 4.90 Å². The van der Waals surface area contributed by atoms with Crippen LogP contribution in [-0.2, 0) is 0 Å². The van der Waals surface area contributed by atoms with E-state index in [4.69, 9.17) is 22.5 Å². The summed E-state index contributed by atoms with van der Waals surface area (Å²) in [6.45, 7) is 5.23. The highest BCUT2D eigenvalue weighted by Gasteiger charge is 2.27. The van der Waals surface area contributed by atoms with Gasteiger partial charge in [-0.3, -0.25) is 4.90 Å². The van der Waals surface area contributed by atoms with Crippen LogP contribution in [0.5, 0.6) is 0 Å². The van der Waals surface area contributed by atoms with Crippen molar-refractivity contribution >= 4 is 23.1 Å². The summed E-state index contributed by atoms with van der Waals surface area (Å²) in [5, 5.41) is 12.7. The van der Waals surface area contributed by atoms with E-state index < -0.39 is 0 Å². The van der Waals surface area contributed by atoms with E-state index in [1.54, 1.807) is 6.07 Å². The van der Waals surface area contributed by atoms with Gasteiger partial charge in [0.25, 0.3) is 0 Å². The lowest BCUT2D eigenvalue weighted by molar-refractivity contribution is 0.248. The largest absolute Gasteiger partial charge is 0.409 e. The Balaban J connectivity index is 1.73. The second-order valence-electron chi connectivity index (χ2n) is 5.88. The Labute approximate surface area is 130 Å². The first-order valence-corrected chi connectivity index (χ1v) is 7.80. The third kappa shape index (κ3) is 3.41. The van der Waals surface area contributed by atoms with Crippen molar-refractivity contribution in [3.05, 3.63) is 28.8 Å². The molecule has 2 aliphatic rings. The molecule has 0 unspecified atom stereocenters. The monoisotopic (exact) mass is 308 g/mol. The zero-order valence-electron chi connectivity index (χ0n) is 12.0. The highest BCUT2D eigenvalue weighted by molar-refractivity contribution is 6.31. The molecule has 0 amide bonds. The summed E-state index contributed by atoms with van der Waals surface area (Å²) in [5.74, 6) is 1.05. The molecule has 0 radical (unpaired) electrons. The van der Waals surface area contributed by atoms with Gasteiger partial charge in [0.2, 0.25) is 0 Å². The van der Waals surface area contributed by atoms with Gasteiger partial charge in [-0.05, 0) is 37.0 Å². The van der Waals surface area contributed by atoms with Gasteiger partial charge >= 0.3 is 0 Å². The van der Waals surface area contributed by atoms with Crippen molar-refractivity contribution in [2.75, 3.05) is 37.6 Å². The summed E-state index contributed by atoms with van der Waals surface area (Å²) in [5.41, 5.74) is 7.45. The number of benzene rings is 1. The van der Waals surface area contributed by atoms with Gasteiger partial charge in [-0.2, -0.15) is 0 Å². The number of hydrogen-bond donors (Lipinski definition) is 2. The van der Waals surface area contributed by atoms with E-state index in [0.717, 1.165) is 43.3 Å². The molecule has 0 spiro atoms. The predicted molar refractivity (Wildman–Crippen MR) is 85.3 cm³/mol. The second kappa shape index (κ2) is 6.12. The lowest BCUT2D eigenvalue weighted by atomic mass is 10.1. The minimum Gasteiger partial charge on any atom is -0.409 e. The van der Waals surface area contributed by atoms with Gasteiger partial charge in [-0.25, -0.2) is 0 Å². The lowest BCUT2D eigenvalue weighted by Crippen LogP contribution is -2.47. The first-order valence-electron chi connectivity index (χ1n) is 7.42. The molecule has 1 aromatic carbocycles. The molecule has 5 nitrogen and oxygen atoms in total. The number of nitrogens with two attached hydrogens (primary N) is 1. The number of anilines is 1. The number of piperazine rings is 1. The summed E-state index contributed by atoms with van der Waals surface area (Å²) >= 11 is 6.11. The minimum absolute atomic E-state index is 0.127. The Kier molecular flexibility index (Phi) is 4.22. The summed E-state index contributed by atoms with van der Waals surface area (Å²) in [7, 11) is 0. The van der Waals surface area contributed by atoms with E-state index in [2.05, 4.69) is 15.0 Å². The van der Waals surface area contributed by atoms with Crippen LogP contribution in [0.15, 0.2) is 23.4 Å². The van der Waals surface area contributed by atoms with E-state index in [-0.39, 0.29) is 5.84 Å². The molecule has 3 rings (SSSR count). The van der Waals surface area contributed by atoms with Gasteiger partial charge < -0.3 is 15.8 Å². The fourth-order valence-corrected chi connectivity index (χ4v) is 3.04. The number of nitrogens with zero attached hydrogens (tertiary/aromatic N) is 3. The van der Waals surface area contributed by atoms with Crippen LogP contribution >= 0.6 is 11.6 Å². The maximum absolute atomic E-state index is 8.93. The highest BCUT2D eigenvalue weighted by atomic mass is 35.5. The number of halogens is 1. The molecule has 1 saturated heterocycles. The number of hydrogen-bond acceptors (Lipinski definition) is 4. The van der Waals surface area contributed by atoms with E-state index in [1.807, 2.05) is 12.1 Å². The molecule has 114 valence electrons. The molecule has 1 saturated carbocycles. The van der Waals surface area contributed by atoms with E-state index in [9.17, 15) is 0 Å². The van der Waals surface area contributed by atoms with Gasteiger partial charge in [0.1, 0.15) is 0 Å². The van der Waals surface area contributed by atoms with E-state index >= 15 is 0 Å². The molecule has 1 aliphatic heterocycles. The zero-order chi connectivity index (χ0) is 14.8. The van der Waals surface area contributed by atoms with Crippen molar-refractivity contribution in [3.8, 4) is 0 Å². The van der Waals surface area contributed by atoms with Gasteiger partial charge in [-0.15, -0.1) is 0 Å². The second-order valence-corrected chi connectivity index (χ2v) is 6.31. The zero-order valence-corrected chi connectivity index (χ0v) is 12.8. The normalized spacial score (nSPS) is 20.8. The van der Waals surface area contributed by atoms with Crippen LogP contribution in [0.3, 0.4) is 0 Å². The van der Waals surface area contributed by atoms with Gasteiger partial charge in [0, 0.05) is 49.0 Å². The molecule has 1 aromatic rings. The summed E-state index contributed by atoms with van der Waals surface area (Å²) < 4.78 is 0. The first kappa shape index (κ1) is 14.5. The summed E-state index contributed by atoms with van der Waals surface area (Å²) in [6.07, 6.45) is 2.78. The van der Waals surface area contributed by atoms with Crippen molar-refractivity contribution in [3.63, 3.8) is 0 Å². The quantitative estimate of drug-likeness (QED) is 0.386. The minimum atomic E-state index is 0.127. The molecule has 3 N–H and O–H groups in total. The van der Waals surface area contributed by atoms with Crippen LogP contribution in [0.2, 0.25) is 5.02 Å². The number of amidine groups is 1. The molecule has 0 atom stereocenters. The molecular formula is C15H21ClN4O. The maximum Gasteiger partial charge on any atom is 0.172 e. The average molecular weight is 309 g/mol. The van der Waals surface area contributed by atoms with E-state index in [0.29, 0.717) is 5.02 Å². The van der Waals surface area contributed by atoms with Crippen LogP contribution in [0.1, 0.15) is 18.4 Å². The smallest absolute Gasteiger partial charge is 0.172 e. The molecule has 6 heteroatoms. The van der Waals surface area contributed by atoms with Gasteiger partial charge in [0.15, 0.2) is 5.84 Å². The number of rotatable bonds is 4. The molecule has 0 aromatic heterocycles. The van der Waals surface area contributed by atoms with Crippen molar-refractivity contribution in [2.45, 2.75) is 12.8 Å². The van der Waals surface area contributed by atoms with Crippen molar-refractivity contribution in [1.29, 1.82) is 0 Å². The average Bonchev–Trinajstić information content (AvgIpc) is 3.31. The number of oxime groups is 1. The Morgan fingerprint density at radius 2 is 2.00 bits per heavy atom. The van der Waals surface area contributed by atoms with Crippen LogP contribution < -0.4 is 10.6 Å². The van der Waals surface area contributed by atoms with Gasteiger partial charge in [-0.1, -0.05) is 16.8 Å². The Hall–Kier alpha value is -1.46. The van der Waals surface area contributed by atoms with Crippen LogP contribution in [0.4, 0.5) is 5.69 Å². The van der Waals surface area contributed by atoms with Crippen LogP contribution in [0, 0.1) is 5.92 Å². The van der Waals surface area contributed by atoms with Crippen LogP contribution in [-0.4, -0.2) is 48.7 Å². The third-order valence-electron chi connectivity index (χ3n) is 4.27. The van der Waals surface area contributed by atoms with Crippen molar-refractivity contribution < 1.29 is 5.21 Å². The molecule has 0 bridgehead atoms. The molecule has 21 heavy (non-hydrogen) atoms. The maximum atomic E-state index is 8.93. The standard InChI is InChI=1S/C15H21ClN4O/c16-12-3-4-13(15(17)18-21)14(9-12)20-7-5-19(6-8-20)10-11-1-2-11/h3-4,9,11,21H,1-2,5-8,10H2,(H2,17,18). The topological polar surface area (TPSA) is 65.1 Å². The van der Waals surface area contributed by atoms with Crippen LogP contribution in [0.25, 0.3) is 0 Å². The summed E-state index contributed by atoms with van der Waals surface area (Å²) in [4.78, 5) is 4.80. The fraction of sp³-hybridized carbons (Fsp3) is 0.533. The SMILES string of the molecule is NC(=NO)c1ccc(Cl)cc1N1CCN(CC2CC2)CC1. The third-order valence-corrected chi connectivity index (χ3v) is 4.50. The Morgan fingerprint density at radius 3 is 2.62 bits per heavy atom. The van der Waals surface area contributed by atoms with Crippen molar-refractivity contribution in [2.24, 2.45) is 16.8 Å². The van der Waals surface area contributed by atoms with Gasteiger partial charge in [0.05, 0.1) is 0 Å². The highest BCUT2D eigenvalue weighted by Crippen LogP contribution is 2.31. The lowest BCUT2D eigenvalue weighted by Gasteiger charge is -2.37. The molecule has 1 heterocycles. The molecular weight excluding hydrogens is 288 g/mol. The predicted octanol–water partition coefficient (Wildman–Crippen LogP) is 1.97. The van der Waals surface area contributed by atoms with E-state index in [1.165, 1.54) is 19.4 Å².